The lowest BCUT2D eigenvalue weighted by molar-refractivity contribution is 0.747. The van der Waals surface area contributed by atoms with Crippen molar-refractivity contribution in [2.24, 2.45) is 0 Å². The summed E-state index contributed by atoms with van der Waals surface area (Å²) >= 11 is 0. The van der Waals surface area contributed by atoms with E-state index in [1.165, 1.54) is 25.4 Å². The van der Waals surface area contributed by atoms with Crippen molar-refractivity contribution in [3.8, 4) is 0 Å². The molecule has 0 amide bonds. The van der Waals surface area contributed by atoms with E-state index in [4.69, 9.17) is 0 Å². The highest BCUT2D eigenvalue weighted by molar-refractivity contribution is 7.56. The zero-order valence-corrected chi connectivity index (χ0v) is 5.67. The molecule has 0 radical (unpaired) electrons. The molecule has 0 aliphatic carbocycles. The minimum absolute atomic E-state index is 0.446. The fraction of sp³-hybridized carbons (Fsp3) is 1.00. The quantitative estimate of drug-likeness (QED) is 0.460. The van der Waals surface area contributed by atoms with E-state index in [0.717, 1.165) is 0 Å². The molecule has 0 saturated carbocycles. The van der Waals surface area contributed by atoms with Gasteiger partial charge in [-0.25, -0.2) is 0 Å². The molecule has 1 heterocycles. The molecule has 1 N–H and O–H groups in total. The second-order valence-corrected chi connectivity index (χ2v) is 4.66. The van der Waals surface area contributed by atoms with Gasteiger partial charge < -0.3 is 5.32 Å². The Kier molecular flexibility index (Phi) is 2.08. The Balaban J connectivity index is 2.12. The third-order valence-electron chi connectivity index (χ3n) is 1.34. The molecule has 1 rings (SSSR count). The Bertz CT molecular complexity index is 50.0. The molecule has 0 unspecified atom stereocenters. The molecule has 1 aliphatic heterocycles. The predicted molar refractivity (Wildman–Crippen MR) is 35.4 cm³/mol. The van der Waals surface area contributed by atoms with Crippen LogP contribution in [0.1, 0.15) is 0 Å². The lowest BCUT2D eigenvalue weighted by Crippen LogP contribution is -2.26. The predicted octanol–water partition coefficient (Wildman–Crippen LogP) is 0.701. The monoisotopic (exact) mass is 117 g/mol. The van der Waals surface area contributed by atoms with Crippen molar-refractivity contribution in [1.29, 1.82) is 0 Å². The second-order valence-electron chi connectivity index (χ2n) is 2.05. The van der Waals surface area contributed by atoms with Gasteiger partial charge in [0.15, 0.2) is 0 Å². The molecular weight excluding hydrogens is 105 g/mol. The minimum atomic E-state index is 0.446. The van der Waals surface area contributed by atoms with E-state index in [-0.39, 0.29) is 0 Å². The van der Waals surface area contributed by atoms with Gasteiger partial charge in [-0.05, 0) is 32.1 Å². The molecule has 0 aromatic carbocycles. The fourth-order valence-corrected chi connectivity index (χ4v) is 2.08. The molecule has 42 valence electrons. The van der Waals surface area contributed by atoms with Gasteiger partial charge in [-0.2, -0.15) is 0 Å². The van der Waals surface area contributed by atoms with Crippen LogP contribution in [0.2, 0.25) is 0 Å². The van der Waals surface area contributed by atoms with Crippen LogP contribution in [-0.4, -0.2) is 32.1 Å². The van der Waals surface area contributed by atoms with Crippen molar-refractivity contribution in [1.82, 2.24) is 5.32 Å². The van der Waals surface area contributed by atoms with E-state index in [1.807, 2.05) is 0 Å². The van der Waals surface area contributed by atoms with Gasteiger partial charge in [-0.3, -0.25) is 0 Å². The zero-order chi connectivity index (χ0) is 5.11. The van der Waals surface area contributed by atoms with Crippen molar-refractivity contribution in [2.45, 2.75) is 0 Å². The van der Waals surface area contributed by atoms with Gasteiger partial charge >= 0.3 is 0 Å². The minimum Gasteiger partial charge on any atom is -0.316 e. The van der Waals surface area contributed by atoms with Gasteiger partial charge in [0.25, 0.3) is 0 Å². The highest BCUT2D eigenvalue weighted by atomic mass is 31.1. The van der Waals surface area contributed by atoms with Crippen molar-refractivity contribution >= 4 is 7.92 Å². The molecule has 0 aromatic heterocycles. The molecular formula is C5H12NP. The Morgan fingerprint density at radius 3 is 2.14 bits per heavy atom. The first-order valence-electron chi connectivity index (χ1n) is 2.79. The van der Waals surface area contributed by atoms with Gasteiger partial charge in [0.1, 0.15) is 0 Å². The summed E-state index contributed by atoms with van der Waals surface area (Å²) in [6.07, 6.45) is 2.88. The average Bonchev–Trinajstić information content (AvgIpc) is 1.69. The average molecular weight is 117 g/mol. The molecule has 0 aromatic rings. The van der Waals surface area contributed by atoms with Crippen molar-refractivity contribution < 1.29 is 0 Å². The molecule has 2 heteroatoms. The molecule has 1 aliphatic rings. The van der Waals surface area contributed by atoms with E-state index >= 15 is 0 Å². The van der Waals surface area contributed by atoms with Crippen molar-refractivity contribution in [3.63, 3.8) is 0 Å². The van der Waals surface area contributed by atoms with Crippen LogP contribution in [0.5, 0.6) is 0 Å². The summed E-state index contributed by atoms with van der Waals surface area (Å²) in [5.74, 6) is 0. The summed E-state index contributed by atoms with van der Waals surface area (Å²) in [6.45, 7) is 4.92. The van der Waals surface area contributed by atoms with Crippen molar-refractivity contribution in [2.75, 3.05) is 32.1 Å². The number of nitrogens with one attached hydrogen (secondary N) is 1. The maximum absolute atomic E-state index is 3.33. The maximum atomic E-state index is 3.33. The highest BCUT2D eigenvalue weighted by Gasteiger charge is 2.04. The van der Waals surface area contributed by atoms with Crippen LogP contribution >= 0.6 is 7.92 Å². The summed E-state index contributed by atoms with van der Waals surface area (Å²) in [7, 11) is 0.446. The first kappa shape index (κ1) is 5.53. The van der Waals surface area contributed by atoms with Crippen LogP contribution < -0.4 is 5.32 Å². The Hall–Kier alpha value is 0.390. The van der Waals surface area contributed by atoms with Gasteiger partial charge in [0.05, 0.1) is 0 Å². The topological polar surface area (TPSA) is 12.0 Å². The standard InChI is InChI=1S/C5H12NP/c1-7-4-2-6-3-5-7/h6H,2-5H2,1H3. The molecule has 7 heavy (non-hydrogen) atoms. The van der Waals surface area contributed by atoms with Gasteiger partial charge in [0.2, 0.25) is 0 Å². The molecule has 0 atom stereocenters. The van der Waals surface area contributed by atoms with Crippen LogP contribution in [0.15, 0.2) is 0 Å². The number of hydrogen-bond acceptors (Lipinski definition) is 1. The largest absolute Gasteiger partial charge is 0.316 e. The molecule has 1 saturated heterocycles. The summed E-state index contributed by atoms with van der Waals surface area (Å²) in [4.78, 5) is 0. The third kappa shape index (κ3) is 1.75. The van der Waals surface area contributed by atoms with E-state index in [2.05, 4.69) is 12.0 Å². The lowest BCUT2D eigenvalue weighted by Gasteiger charge is -2.18. The van der Waals surface area contributed by atoms with Crippen LogP contribution in [0.3, 0.4) is 0 Å². The van der Waals surface area contributed by atoms with Crippen molar-refractivity contribution in [3.05, 3.63) is 0 Å². The van der Waals surface area contributed by atoms with E-state index in [0.29, 0.717) is 7.92 Å². The zero-order valence-electron chi connectivity index (χ0n) is 4.78. The summed E-state index contributed by atoms with van der Waals surface area (Å²) in [5, 5.41) is 3.33. The SMILES string of the molecule is CP1CCNCC1. The maximum Gasteiger partial charge on any atom is -0.000944 e. The van der Waals surface area contributed by atoms with E-state index < -0.39 is 0 Å². The summed E-state index contributed by atoms with van der Waals surface area (Å²) < 4.78 is 0. The van der Waals surface area contributed by atoms with Crippen LogP contribution in [0, 0.1) is 0 Å². The van der Waals surface area contributed by atoms with Crippen LogP contribution in [-0.2, 0) is 0 Å². The molecule has 1 fully saturated rings. The third-order valence-corrected chi connectivity index (χ3v) is 3.31. The first-order chi connectivity index (χ1) is 3.39. The molecule has 0 spiro atoms. The Morgan fingerprint density at radius 2 is 1.86 bits per heavy atom. The van der Waals surface area contributed by atoms with Gasteiger partial charge in [-0.1, -0.05) is 0 Å². The molecule has 1 nitrogen and oxygen atoms in total. The summed E-state index contributed by atoms with van der Waals surface area (Å²) in [6, 6.07) is 0. The lowest BCUT2D eigenvalue weighted by atomic mass is 10.6. The van der Waals surface area contributed by atoms with E-state index in [9.17, 15) is 0 Å². The number of rotatable bonds is 0. The highest BCUT2D eigenvalue weighted by Crippen LogP contribution is 2.29. The molecule has 0 bridgehead atoms. The van der Waals surface area contributed by atoms with Crippen LogP contribution in [0.4, 0.5) is 0 Å². The van der Waals surface area contributed by atoms with Gasteiger partial charge in [-0.15, -0.1) is 7.92 Å². The fourth-order valence-electron chi connectivity index (χ4n) is 0.777. The van der Waals surface area contributed by atoms with Crippen LogP contribution in [0.25, 0.3) is 0 Å². The Labute approximate surface area is 46.2 Å². The summed E-state index contributed by atoms with van der Waals surface area (Å²) in [5.41, 5.74) is 0. The second kappa shape index (κ2) is 2.64. The number of hydrogen-bond donors (Lipinski definition) is 1. The van der Waals surface area contributed by atoms with Gasteiger partial charge in [0, 0.05) is 0 Å². The first-order valence-corrected chi connectivity index (χ1v) is 4.95. The Morgan fingerprint density at radius 1 is 1.29 bits per heavy atom. The smallest absolute Gasteiger partial charge is 0.000944 e. The van der Waals surface area contributed by atoms with E-state index in [1.54, 1.807) is 0 Å². The normalized spacial score (nSPS) is 25.3.